The number of nitrogens with two attached hydrogens (primary N) is 1. The van der Waals surface area contributed by atoms with Gasteiger partial charge in [-0.2, -0.15) is 0 Å². The molecule has 5 nitrogen and oxygen atoms in total. The number of para-hydroxylation sites is 1. The summed E-state index contributed by atoms with van der Waals surface area (Å²) in [4.78, 5) is 10.4. The van der Waals surface area contributed by atoms with E-state index in [4.69, 9.17) is 5.73 Å². The van der Waals surface area contributed by atoms with Crippen molar-refractivity contribution >= 4 is 22.7 Å². The minimum absolute atomic E-state index is 0.0171. The van der Waals surface area contributed by atoms with Crippen LogP contribution < -0.4 is 11.1 Å². The fourth-order valence-electron chi connectivity index (χ4n) is 1.92. The summed E-state index contributed by atoms with van der Waals surface area (Å²) in [6.07, 6.45) is 0.883. The van der Waals surface area contributed by atoms with Crippen LogP contribution in [-0.2, 0) is 6.42 Å². The highest BCUT2D eigenvalue weighted by Crippen LogP contribution is 2.26. The second-order valence-corrected chi connectivity index (χ2v) is 4.21. The molecular weight excluding hydrogens is 242 g/mol. The second-order valence-electron chi connectivity index (χ2n) is 4.21. The third kappa shape index (κ3) is 3.01. The van der Waals surface area contributed by atoms with Gasteiger partial charge in [0, 0.05) is 29.2 Å². The van der Waals surface area contributed by atoms with Crippen molar-refractivity contribution in [3.8, 4) is 0 Å². The molecule has 0 heterocycles. The maximum atomic E-state index is 10.8. The van der Waals surface area contributed by atoms with Gasteiger partial charge in [-0.25, -0.2) is 0 Å². The minimum atomic E-state index is -0.451. The Morgan fingerprint density at radius 1 is 1.26 bits per heavy atom. The number of non-ortho nitro benzene ring substituents is 1. The van der Waals surface area contributed by atoms with Crippen molar-refractivity contribution in [2.75, 3.05) is 11.1 Å². The van der Waals surface area contributed by atoms with E-state index in [1.54, 1.807) is 6.07 Å². The quantitative estimate of drug-likeness (QED) is 0.499. The molecule has 0 fully saturated rings. The molecule has 0 unspecified atom stereocenters. The number of nitro benzene ring substituents is 1. The van der Waals surface area contributed by atoms with Crippen LogP contribution in [0, 0.1) is 10.1 Å². The van der Waals surface area contributed by atoms with E-state index in [0.717, 1.165) is 17.7 Å². The van der Waals surface area contributed by atoms with Gasteiger partial charge in [-0.15, -0.1) is 0 Å². The summed E-state index contributed by atoms with van der Waals surface area (Å²) in [7, 11) is 0. The predicted octanol–water partition coefficient (Wildman–Crippen LogP) is 3.48. The van der Waals surface area contributed by atoms with E-state index in [1.807, 2.05) is 24.3 Å². The van der Waals surface area contributed by atoms with Gasteiger partial charge in [-0.3, -0.25) is 10.1 Å². The molecule has 2 aromatic rings. The number of nitrogen functional groups attached to an aromatic ring is 1. The summed E-state index contributed by atoms with van der Waals surface area (Å²) >= 11 is 0. The Hall–Kier alpha value is -2.56. The summed E-state index contributed by atoms with van der Waals surface area (Å²) in [6.45, 7) is 2.06. The molecule has 0 spiro atoms. The van der Waals surface area contributed by atoms with E-state index < -0.39 is 4.92 Å². The molecule has 0 saturated heterocycles. The van der Waals surface area contributed by atoms with Crippen molar-refractivity contribution in [2.45, 2.75) is 13.3 Å². The van der Waals surface area contributed by atoms with Crippen LogP contribution in [0.15, 0.2) is 42.5 Å². The highest BCUT2D eigenvalue weighted by molar-refractivity contribution is 5.69. The normalized spacial score (nSPS) is 10.2. The monoisotopic (exact) mass is 257 g/mol. The van der Waals surface area contributed by atoms with Gasteiger partial charge in [0.05, 0.1) is 4.92 Å². The lowest BCUT2D eigenvalue weighted by molar-refractivity contribution is -0.384. The summed E-state index contributed by atoms with van der Waals surface area (Å²) in [5.41, 5.74) is 8.73. The first-order valence-electron chi connectivity index (χ1n) is 6.00. The first-order chi connectivity index (χ1) is 9.10. The minimum Gasteiger partial charge on any atom is -0.398 e. The van der Waals surface area contributed by atoms with Gasteiger partial charge in [0.15, 0.2) is 0 Å². The third-order valence-electron chi connectivity index (χ3n) is 2.83. The first kappa shape index (κ1) is 12.9. The van der Waals surface area contributed by atoms with E-state index in [9.17, 15) is 10.1 Å². The number of rotatable bonds is 4. The van der Waals surface area contributed by atoms with E-state index in [2.05, 4.69) is 12.2 Å². The number of anilines is 3. The number of benzene rings is 2. The lowest BCUT2D eigenvalue weighted by Gasteiger charge is -2.11. The first-order valence-corrected chi connectivity index (χ1v) is 6.00. The lowest BCUT2D eigenvalue weighted by Crippen LogP contribution is -1.98. The number of hydrogen-bond acceptors (Lipinski definition) is 4. The van der Waals surface area contributed by atoms with Crippen molar-refractivity contribution < 1.29 is 4.92 Å². The Morgan fingerprint density at radius 2 is 2.00 bits per heavy atom. The van der Waals surface area contributed by atoms with Gasteiger partial charge < -0.3 is 11.1 Å². The lowest BCUT2D eigenvalue weighted by atomic mass is 10.1. The third-order valence-corrected chi connectivity index (χ3v) is 2.83. The Labute approximate surface area is 111 Å². The van der Waals surface area contributed by atoms with E-state index in [-0.39, 0.29) is 5.69 Å². The topological polar surface area (TPSA) is 81.2 Å². The van der Waals surface area contributed by atoms with E-state index in [0.29, 0.717) is 11.4 Å². The maximum absolute atomic E-state index is 10.8. The zero-order valence-corrected chi connectivity index (χ0v) is 10.6. The second kappa shape index (κ2) is 5.39. The molecule has 2 aromatic carbocycles. The smallest absolute Gasteiger partial charge is 0.273 e. The molecule has 0 aliphatic carbocycles. The van der Waals surface area contributed by atoms with Crippen LogP contribution in [0.1, 0.15) is 12.5 Å². The average molecular weight is 257 g/mol. The largest absolute Gasteiger partial charge is 0.398 e. The molecule has 0 aliphatic rings. The number of nitrogens with zero attached hydrogens (tertiary/aromatic N) is 1. The maximum Gasteiger partial charge on any atom is 0.273 e. The molecule has 0 amide bonds. The van der Waals surface area contributed by atoms with Gasteiger partial charge >= 0.3 is 0 Å². The van der Waals surface area contributed by atoms with Crippen LogP contribution in [0.25, 0.3) is 0 Å². The Balaban J connectivity index is 2.35. The predicted molar refractivity (Wildman–Crippen MR) is 76.6 cm³/mol. The van der Waals surface area contributed by atoms with Gasteiger partial charge in [-0.1, -0.05) is 25.1 Å². The summed E-state index contributed by atoms with van der Waals surface area (Å²) in [6, 6.07) is 12.3. The molecule has 3 N–H and O–H groups in total. The Kier molecular flexibility index (Phi) is 3.66. The Morgan fingerprint density at radius 3 is 2.68 bits per heavy atom. The molecule has 0 saturated carbocycles. The van der Waals surface area contributed by atoms with Crippen molar-refractivity contribution in [3.05, 3.63) is 58.1 Å². The summed E-state index contributed by atoms with van der Waals surface area (Å²) in [5, 5.41) is 14.0. The zero-order valence-electron chi connectivity index (χ0n) is 10.6. The molecule has 98 valence electrons. The molecule has 0 aromatic heterocycles. The molecule has 0 bridgehead atoms. The van der Waals surface area contributed by atoms with Crippen LogP contribution in [0.4, 0.5) is 22.7 Å². The number of hydrogen-bond donors (Lipinski definition) is 2. The van der Waals surface area contributed by atoms with E-state index in [1.165, 1.54) is 12.1 Å². The van der Waals surface area contributed by atoms with Gasteiger partial charge in [0.2, 0.25) is 0 Å². The number of aryl methyl sites for hydroxylation is 1. The molecule has 5 heteroatoms. The summed E-state index contributed by atoms with van der Waals surface area (Å²) < 4.78 is 0. The fraction of sp³-hybridized carbons (Fsp3) is 0.143. The van der Waals surface area contributed by atoms with Crippen molar-refractivity contribution in [1.82, 2.24) is 0 Å². The summed E-state index contributed by atoms with van der Waals surface area (Å²) in [5.74, 6) is 0. The average Bonchev–Trinajstić information content (AvgIpc) is 2.38. The van der Waals surface area contributed by atoms with Crippen molar-refractivity contribution in [1.29, 1.82) is 0 Å². The molecule has 19 heavy (non-hydrogen) atoms. The molecule has 0 aliphatic heterocycles. The standard InChI is InChI=1S/C14H15N3O2/c1-2-10-5-3-4-6-14(10)16-12-7-11(15)8-13(9-12)17(18)19/h3-9,16H,2,15H2,1H3. The van der Waals surface area contributed by atoms with Crippen LogP contribution in [0.2, 0.25) is 0 Å². The van der Waals surface area contributed by atoms with Crippen LogP contribution in [0.5, 0.6) is 0 Å². The van der Waals surface area contributed by atoms with Crippen LogP contribution in [-0.4, -0.2) is 4.92 Å². The zero-order chi connectivity index (χ0) is 13.8. The van der Waals surface area contributed by atoms with Crippen LogP contribution in [0.3, 0.4) is 0 Å². The molecule has 0 atom stereocenters. The van der Waals surface area contributed by atoms with E-state index >= 15 is 0 Å². The molecular formula is C14H15N3O2. The number of nitrogens with one attached hydrogen (secondary N) is 1. The Bertz CT molecular complexity index is 611. The number of nitro groups is 1. The highest BCUT2D eigenvalue weighted by atomic mass is 16.6. The highest BCUT2D eigenvalue weighted by Gasteiger charge is 2.09. The fourth-order valence-corrected chi connectivity index (χ4v) is 1.92. The SMILES string of the molecule is CCc1ccccc1Nc1cc(N)cc([N+](=O)[O-])c1. The molecule has 2 rings (SSSR count). The molecule has 0 radical (unpaired) electrons. The van der Waals surface area contributed by atoms with Gasteiger partial charge in [-0.05, 0) is 24.1 Å². The van der Waals surface area contributed by atoms with Crippen molar-refractivity contribution in [2.24, 2.45) is 0 Å². The van der Waals surface area contributed by atoms with Crippen LogP contribution >= 0.6 is 0 Å². The van der Waals surface area contributed by atoms with Gasteiger partial charge in [0.1, 0.15) is 0 Å². The van der Waals surface area contributed by atoms with Gasteiger partial charge in [0.25, 0.3) is 5.69 Å². The van der Waals surface area contributed by atoms with Crippen molar-refractivity contribution in [3.63, 3.8) is 0 Å².